The van der Waals surface area contributed by atoms with Crippen LogP contribution in [0.4, 0.5) is 11.4 Å². The van der Waals surface area contributed by atoms with Gasteiger partial charge < -0.3 is 16.4 Å². The van der Waals surface area contributed by atoms with Crippen LogP contribution in [0, 0.1) is 23.1 Å². The molecule has 0 saturated heterocycles. The molecule has 2 fully saturated rings. The minimum atomic E-state index is -1.42. The van der Waals surface area contributed by atoms with Crippen LogP contribution in [0.15, 0.2) is 40.9 Å². The maximum atomic E-state index is 11.8. The van der Waals surface area contributed by atoms with Crippen molar-refractivity contribution in [3.8, 4) is 23.1 Å². The fraction of sp³-hybridized carbons (Fsp3) is 0.526. The fourth-order valence-corrected chi connectivity index (χ4v) is 5.54. The van der Waals surface area contributed by atoms with Crippen LogP contribution in [0.3, 0.4) is 0 Å². The Kier molecular flexibility index (Phi) is 15.9. The standard InChI is InChI=1S/C16H21NOSi.C11H12BrNO.C6H15N.C5H10S/c1-12(18)16(8-9-16)14-5-6-15(17)13(11-14)7-10-19(2,3)4;1-7(14)11(4-5-11)8-2-3-10(13)9(12)6-8;1-4-7(5-2)6-3;1-5-6(2,3)4/h5-6,11H,8-9,17H2,1-4H3;2-3,6H,4-5,13H2,1H3;4-6H2,1-3H3;1H,2-4H3. The second-order valence-electron chi connectivity index (χ2n) is 13.9. The van der Waals surface area contributed by atoms with E-state index in [0.29, 0.717) is 11.4 Å². The molecule has 2 aliphatic rings. The van der Waals surface area contributed by atoms with E-state index in [0.717, 1.165) is 46.8 Å². The van der Waals surface area contributed by atoms with E-state index >= 15 is 0 Å². The monoisotopic (exact) mass is 727 g/mol. The first-order valence-corrected chi connectivity index (χ1v) is 23.3. The maximum Gasteiger partial charge on any atom is 0.140 e. The van der Waals surface area contributed by atoms with Crippen LogP contribution >= 0.6 is 26.0 Å². The third kappa shape index (κ3) is 13.0. The summed E-state index contributed by atoms with van der Waals surface area (Å²) < 4.78 is 0.877. The van der Waals surface area contributed by atoms with Gasteiger partial charge in [-0.1, -0.05) is 63.7 Å². The first kappa shape index (κ1) is 41.5. The number of ketones is 2. The number of Topliss-reactive ketones (excluding diaryl/α,β-unsaturated/α-hetero) is 2. The van der Waals surface area contributed by atoms with Crippen molar-refractivity contribution in [2.24, 2.45) is 0 Å². The number of hydrogen-bond donors (Lipinski definition) is 2. The van der Waals surface area contributed by atoms with Crippen LogP contribution in [0.2, 0.25) is 19.6 Å². The van der Waals surface area contributed by atoms with Crippen molar-refractivity contribution in [1.82, 2.24) is 4.90 Å². The predicted molar refractivity (Wildman–Crippen MR) is 210 cm³/mol. The highest BCUT2D eigenvalue weighted by Gasteiger charge is 2.49. The predicted octanol–water partition coefficient (Wildman–Crippen LogP) is 8.39. The van der Waals surface area contributed by atoms with Gasteiger partial charge >= 0.3 is 0 Å². The van der Waals surface area contributed by atoms with Gasteiger partial charge in [0.05, 0.1) is 10.8 Å². The Morgan fingerprint density at radius 1 is 0.848 bits per heavy atom. The number of anilines is 2. The lowest BCUT2D eigenvalue weighted by Gasteiger charge is -2.13. The molecule has 0 atom stereocenters. The van der Waals surface area contributed by atoms with Gasteiger partial charge in [0.15, 0.2) is 0 Å². The number of rotatable bonds is 7. The molecule has 8 heteroatoms. The van der Waals surface area contributed by atoms with Crippen LogP contribution in [0.5, 0.6) is 0 Å². The van der Waals surface area contributed by atoms with Gasteiger partial charge in [0.1, 0.15) is 19.6 Å². The summed E-state index contributed by atoms with van der Waals surface area (Å²) in [5.74, 6) is 3.72. The molecule has 4 N–H and O–H groups in total. The molecule has 0 radical (unpaired) electrons. The van der Waals surface area contributed by atoms with Gasteiger partial charge in [0.25, 0.3) is 0 Å². The number of terminal acetylenes is 1. The van der Waals surface area contributed by atoms with Gasteiger partial charge in [-0.2, -0.15) is 10.0 Å². The van der Waals surface area contributed by atoms with Gasteiger partial charge in [0, 0.05) is 21.4 Å². The molecule has 0 bridgehead atoms. The molecule has 4 rings (SSSR count). The van der Waals surface area contributed by atoms with Crippen molar-refractivity contribution < 1.29 is 9.59 Å². The number of benzene rings is 2. The molecule has 254 valence electrons. The van der Waals surface area contributed by atoms with Gasteiger partial charge in [-0.05, 0) is 129 Å². The van der Waals surface area contributed by atoms with Crippen molar-refractivity contribution in [2.75, 3.05) is 49.9 Å². The first-order chi connectivity index (χ1) is 21.2. The van der Waals surface area contributed by atoms with E-state index in [9.17, 15) is 9.59 Å². The highest BCUT2D eigenvalue weighted by molar-refractivity contribution is 9.10. The Morgan fingerprint density at radius 3 is 1.52 bits per heavy atom. The Hall–Kier alpha value is -2.49. The minimum Gasteiger partial charge on any atom is -0.398 e. The lowest BCUT2D eigenvalue weighted by molar-refractivity contribution is -0.120. The first-order valence-electron chi connectivity index (χ1n) is 16.1. The quantitative estimate of drug-likeness (QED) is 0.170. The average molecular weight is 729 g/mol. The van der Waals surface area contributed by atoms with E-state index in [1.807, 2.05) is 36.4 Å². The van der Waals surface area contributed by atoms with E-state index in [-0.39, 0.29) is 22.4 Å². The van der Waals surface area contributed by atoms with Crippen LogP contribution < -0.4 is 11.5 Å². The minimum absolute atomic E-state index is 0.198. The fourth-order valence-electron chi connectivity index (χ4n) is 4.65. The van der Waals surface area contributed by atoms with Crippen molar-refractivity contribution in [3.63, 3.8) is 0 Å². The highest BCUT2D eigenvalue weighted by Crippen LogP contribution is 2.50. The van der Waals surface area contributed by atoms with Crippen molar-refractivity contribution in [2.45, 2.75) is 90.8 Å². The molecule has 2 aromatic carbocycles. The largest absolute Gasteiger partial charge is 0.398 e. The zero-order chi connectivity index (χ0) is 35.5. The number of carbonyl (C=O) groups is 2. The van der Waals surface area contributed by atoms with Crippen molar-refractivity contribution in [1.29, 1.82) is 0 Å². The molecule has 2 aromatic rings. The topological polar surface area (TPSA) is 89.4 Å². The average Bonchev–Trinajstić information content (AvgIpc) is 3.90. The summed E-state index contributed by atoms with van der Waals surface area (Å²) in [6.07, 6.45) is 15.2. The number of carbonyl (C=O) groups excluding carboxylic acids is 2. The zero-order valence-corrected chi connectivity index (χ0v) is 33.6. The molecule has 46 heavy (non-hydrogen) atoms. The SMILES string of the molecule is C#CS(C)(C)C.CC(=O)C1(c2ccc(N)c(Br)c2)CC1.CC(=O)C1(c2ccc(N)c(C#C[Si](C)(C)C)c2)CC1.CCN(CC)CC. The second-order valence-corrected chi connectivity index (χ2v) is 23.4. The molecule has 0 unspecified atom stereocenters. The molecule has 5 nitrogen and oxygen atoms in total. The molecular formula is C38H58BrN3O2SSi. The summed E-state index contributed by atoms with van der Waals surface area (Å²) in [6.45, 7) is 20.1. The molecule has 2 aliphatic carbocycles. The molecule has 0 aliphatic heterocycles. The summed E-state index contributed by atoms with van der Waals surface area (Å²) in [7, 11) is -2.05. The number of halogens is 1. The maximum absolute atomic E-state index is 11.8. The summed E-state index contributed by atoms with van der Waals surface area (Å²) >= 11 is 3.38. The molecule has 0 aromatic heterocycles. The summed E-state index contributed by atoms with van der Waals surface area (Å²) in [6, 6.07) is 11.6. The van der Waals surface area contributed by atoms with Crippen LogP contribution in [0.1, 0.15) is 77.0 Å². The third-order valence-electron chi connectivity index (χ3n) is 8.27. The smallest absolute Gasteiger partial charge is 0.140 e. The summed E-state index contributed by atoms with van der Waals surface area (Å²) in [4.78, 5) is 25.6. The summed E-state index contributed by atoms with van der Waals surface area (Å²) in [5.41, 5.74) is 19.0. The van der Waals surface area contributed by atoms with Crippen LogP contribution in [-0.2, 0) is 20.4 Å². The number of hydrogen-bond acceptors (Lipinski definition) is 5. The van der Waals surface area contributed by atoms with E-state index < -0.39 is 18.1 Å². The number of nitrogen functional groups attached to an aromatic ring is 2. The van der Waals surface area contributed by atoms with Gasteiger partial charge in [0.2, 0.25) is 0 Å². The Morgan fingerprint density at radius 2 is 1.24 bits per heavy atom. The van der Waals surface area contributed by atoms with E-state index in [1.54, 1.807) is 13.8 Å². The Labute approximate surface area is 291 Å². The lowest BCUT2D eigenvalue weighted by atomic mass is 9.90. The molecule has 0 amide bonds. The Balaban J connectivity index is 0.000000342. The molecular weight excluding hydrogens is 670 g/mol. The normalized spacial score (nSPS) is 15.5. The Bertz CT molecular complexity index is 1440. The van der Waals surface area contributed by atoms with Gasteiger partial charge in [-0.3, -0.25) is 9.59 Å². The zero-order valence-electron chi connectivity index (χ0n) is 30.2. The number of nitrogens with two attached hydrogens (primary N) is 2. The second kappa shape index (κ2) is 17.6. The van der Waals surface area contributed by atoms with E-state index in [1.165, 1.54) is 19.6 Å². The van der Waals surface area contributed by atoms with Crippen LogP contribution in [0.25, 0.3) is 0 Å². The third-order valence-corrected chi connectivity index (χ3v) is 10.5. The van der Waals surface area contributed by atoms with Gasteiger partial charge in [-0.15, -0.1) is 12.0 Å². The van der Waals surface area contributed by atoms with E-state index in [2.05, 4.69) is 96.7 Å². The molecule has 0 heterocycles. The molecule has 0 spiro atoms. The lowest BCUT2D eigenvalue weighted by Crippen LogP contribution is -2.21. The van der Waals surface area contributed by atoms with E-state index in [4.69, 9.17) is 17.9 Å². The number of nitrogens with zero attached hydrogens (tertiary/aromatic N) is 1. The van der Waals surface area contributed by atoms with Crippen molar-refractivity contribution >= 4 is 57.0 Å². The summed E-state index contributed by atoms with van der Waals surface area (Å²) in [5, 5.41) is 2.69. The highest BCUT2D eigenvalue weighted by atomic mass is 79.9. The van der Waals surface area contributed by atoms with Crippen molar-refractivity contribution in [3.05, 3.63) is 57.6 Å². The molecule has 2 saturated carbocycles. The van der Waals surface area contributed by atoms with Gasteiger partial charge in [-0.25, -0.2) is 0 Å². The van der Waals surface area contributed by atoms with Crippen LogP contribution in [-0.4, -0.2) is 62.9 Å².